The number of carbonyl (C=O) groups excluding carboxylic acids is 1. The summed E-state index contributed by atoms with van der Waals surface area (Å²) in [7, 11) is -3.78. The molecule has 4 aromatic rings. The molecule has 32 heavy (non-hydrogen) atoms. The summed E-state index contributed by atoms with van der Waals surface area (Å²) in [5, 5.41) is 0.571. The molecule has 0 radical (unpaired) electrons. The lowest BCUT2D eigenvalue weighted by atomic mass is 10.1. The second-order valence-electron chi connectivity index (χ2n) is 7.39. The summed E-state index contributed by atoms with van der Waals surface area (Å²) < 4.78 is 36.6. The molecule has 7 nitrogen and oxygen atoms in total. The fraction of sp³-hybridized carbons (Fsp3) is 0.136. The number of rotatable bonds is 5. The second-order valence-corrected chi connectivity index (χ2v) is 10.1. The topological polar surface area (TPSA) is 92.3 Å². The van der Waals surface area contributed by atoms with Crippen LogP contribution in [0.1, 0.15) is 21.5 Å². The number of nitrogens with one attached hydrogen (secondary N) is 1. The van der Waals surface area contributed by atoms with Crippen molar-refractivity contribution in [2.24, 2.45) is 0 Å². The van der Waals surface area contributed by atoms with Crippen molar-refractivity contribution < 1.29 is 13.2 Å². The molecule has 0 unspecified atom stereocenters. The van der Waals surface area contributed by atoms with Gasteiger partial charge in [-0.15, -0.1) is 0 Å². The van der Waals surface area contributed by atoms with Crippen LogP contribution in [0.15, 0.2) is 65.6 Å². The minimum atomic E-state index is -3.78. The van der Waals surface area contributed by atoms with E-state index in [2.05, 4.69) is 13.5 Å². The first kappa shape index (κ1) is 21.0. The Hall–Kier alpha value is -2.85. The zero-order valence-electron chi connectivity index (χ0n) is 16.7. The first-order chi connectivity index (χ1) is 15.4. The predicted octanol–water partition coefficient (Wildman–Crippen LogP) is 4.03. The summed E-state index contributed by atoms with van der Waals surface area (Å²) in [6, 6.07) is 17.4. The van der Waals surface area contributed by atoms with Crippen LogP contribution in [0.2, 0.25) is 5.02 Å². The van der Waals surface area contributed by atoms with Gasteiger partial charge in [0.15, 0.2) is 0 Å². The zero-order valence-corrected chi connectivity index (χ0v) is 19.0. The summed E-state index contributed by atoms with van der Waals surface area (Å²) in [6.45, 7) is 0.664. The third-order valence-corrected chi connectivity index (χ3v) is 7.61. The van der Waals surface area contributed by atoms with Crippen molar-refractivity contribution in [3.8, 4) is 0 Å². The van der Waals surface area contributed by atoms with Crippen molar-refractivity contribution in [2.75, 3.05) is 11.4 Å². The van der Waals surface area contributed by atoms with Gasteiger partial charge in [-0.05, 0) is 60.0 Å². The molecule has 0 spiro atoms. The first-order valence-corrected chi connectivity index (χ1v) is 12.4. The molecule has 0 saturated carbocycles. The average Bonchev–Trinajstić information content (AvgIpc) is 3.44. The van der Waals surface area contributed by atoms with Crippen molar-refractivity contribution >= 4 is 56.0 Å². The van der Waals surface area contributed by atoms with Crippen LogP contribution < -0.4 is 9.62 Å². The quantitative estimate of drug-likeness (QED) is 0.461. The summed E-state index contributed by atoms with van der Waals surface area (Å²) in [5.41, 5.74) is 4.07. The Morgan fingerprint density at radius 2 is 1.91 bits per heavy atom. The van der Waals surface area contributed by atoms with Crippen LogP contribution in [0.25, 0.3) is 11.0 Å². The molecule has 0 fully saturated rings. The van der Waals surface area contributed by atoms with Crippen LogP contribution >= 0.6 is 23.3 Å². The lowest BCUT2D eigenvalue weighted by molar-refractivity contribution is 0.0989. The van der Waals surface area contributed by atoms with Gasteiger partial charge in [-0.25, -0.2) is 13.1 Å². The molecule has 5 rings (SSSR count). The number of halogens is 1. The average molecular weight is 485 g/mol. The number of benzene rings is 3. The number of nitrogens with zero attached hydrogens (tertiary/aromatic N) is 3. The number of hydrogen-bond acceptors (Lipinski definition) is 6. The van der Waals surface area contributed by atoms with Crippen molar-refractivity contribution in [2.45, 2.75) is 17.9 Å². The zero-order chi connectivity index (χ0) is 22.3. The van der Waals surface area contributed by atoms with Gasteiger partial charge in [0, 0.05) is 29.4 Å². The van der Waals surface area contributed by atoms with Crippen LogP contribution in [-0.4, -0.2) is 29.6 Å². The largest absolute Gasteiger partial charge is 0.308 e. The third kappa shape index (κ3) is 3.88. The molecule has 0 saturated heterocycles. The van der Waals surface area contributed by atoms with E-state index >= 15 is 0 Å². The van der Waals surface area contributed by atoms with Crippen LogP contribution in [0.4, 0.5) is 5.69 Å². The number of sulfonamides is 1. The summed E-state index contributed by atoms with van der Waals surface area (Å²) in [4.78, 5) is 14.8. The number of anilines is 1. The number of hydrogen-bond donors (Lipinski definition) is 1. The Morgan fingerprint density at radius 1 is 1.09 bits per heavy atom. The van der Waals surface area contributed by atoms with Gasteiger partial charge in [0.05, 0.1) is 11.7 Å². The van der Waals surface area contributed by atoms with E-state index in [-0.39, 0.29) is 17.3 Å². The second kappa shape index (κ2) is 8.25. The SMILES string of the molecule is O=C(c1ccc(Cl)cc1)N1CCc2ccc(CNS(=O)(=O)c3cccc4nsnc34)cc21. The van der Waals surface area contributed by atoms with Crippen molar-refractivity contribution in [1.82, 2.24) is 13.5 Å². The number of amides is 1. The van der Waals surface area contributed by atoms with E-state index in [4.69, 9.17) is 11.6 Å². The number of aromatic nitrogens is 2. The molecular formula is C22H17ClN4O3S2. The van der Waals surface area contributed by atoms with Crippen molar-refractivity contribution in [3.63, 3.8) is 0 Å². The molecule has 1 aliphatic heterocycles. The lowest BCUT2D eigenvalue weighted by Gasteiger charge is -2.18. The highest BCUT2D eigenvalue weighted by Gasteiger charge is 2.26. The Balaban J connectivity index is 1.37. The van der Waals surface area contributed by atoms with Crippen molar-refractivity contribution in [3.05, 3.63) is 82.4 Å². The van der Waals surface area contributed by atoms with E-state index < -0.39 is 10.0 Å². The minimum absolute atomic E-state index is 0.0898. The van der Waals surface area contributed by atoms with E-state index in [1.54, 1.807) is 41.3 Å². The molecule has 1 N–H and O–H groups in total. The maximum Gasteiger partial charge on any atom is 0.258 e. The third-order valence-electron chi connectivity index (χ3n) is 5.39. The highest BCUT2D eigenvalue weighted by molar-refractivity contribution is 7.89. The van der Waals surface area contributed by atoms with Gasteiger partial charge in [0.2, 0.25) is 10.0 Å². The normalized spacial score (nSPS) is 13.5. The van der Waals surface area contributed by atoms with Gasteiger partial charge in [0.1, 0.15) is 15.9 Å². The fourth-order valence-corrected chi connectivity index (χ4v) is 5.66. The van der Waals surface area contributed by atoms with Gasteiger partial charge in [0.25, 0.3) is 5.91 Å². The molecule has 2 heterocycles. The summed E-state index contributed by atoms with van der Waals surface area (Å²) in [6.07, 6.45) is 0.749. The van der Waals surface area contributed by atoms with Gasteiger partial charge in [-0.2, -0.15) is 8.75 Å². The molecule has 1 aliphatic rings. The molecule has 10 heteroatoms. The highest BCUT2D eigenvalue weighted by atomic mass is 35.5. The monoisotopic (exact) mass is 484 g/mol. The van der Waals surface area contributed by atoms with E-state index in [1.165, 1.54) is 6.07 Å². The molecule has 0 aliphatic carbocycles. The molecule has 3 aromatic carbocycles. The van der Waals surface area contributed by atoms with Crippen LogP contribution in [-0.2, 0) is 23.0 Å². The van der Waals surface area contributed by atoms with Crippen molar-refractivity contribution in [1.29, 1.82) is 0 Å². The molecule has 162 valence electrons. The van der Waals surface area contributed by atoms with E-state index in [0.29, 0.717) is 28.2 Å². The summed E-state index contributed by atoms with van der Waals surface area (Å²) in [5.74, 6) is -0.110. The fourth-order valence-electron chi connectivity index (χ4n) is 3.75. The summed E-state index contributed by atoms with van der Waals surface area (Å²) >= 11 is 6.91. The van der Waals surface area contributed by atoms with E-state index in [0.717, 1.165) is 35.0 Å². The van der Waals surface area contributed by atoms with E-state index in [9.17, 15) is 13.2 Å². The molecule has 0 bridgehead atoms. The number of fused-ring (bicyclic) bond motifs is 2. The first-order valence-electron chi connectivity index (χ1n) is 9.82. The molecule has 1 amide bonds. The van der Waals surface area contributed by atoms with Crippen LogP contribution in [0.5, 0.6) is 0 Å². The maximum absolute atomic E-state index is 13.0. The lowest BCUT2D eigenvalue weighted by Crippen LogP contribution is -2.29. The standard InChI is InChI=1S/C22H17ClN4O3S2/c23-17-8-6-16(7-9-17)22(28)27-11-10-15-5-4-14(12-19(15)27)13-24-32(29,30)20-3-1-2-18-21(20)26-31-25-18/h1-9,12,24H,10-11,13H2. The minimum Gasteiger partial charge on any atom is -0.308 e. The smallest absolute Gasteiger partial charge is 0.258 e. The van der Waals surface area contributed by atoms with Gasteiger partial charge in [-0.1, -0.05) is 29.8 Å². The van der Waals surface area contributed by atoms with E-state index in [1.807, 2.05) is 18.2 Å². The van der Waals surface area contributed by atoms with Gasteiger partial charge in [-0.3, -0.25) is 4.79 Å². The Kier molecular flexibility index (Phi) is 5.42. The van der Waals surface area contributed by atoms with Crippen LogP contribution in [0.3, 0.4) is 0 Å². The molecule has 0 atom stereocenters. The Morgan fingerprint density at radius 3 is 2.72 bits per heavy atom. The van der Waals surface area contributed by atoms with Crippen LogP contribution in [0, 0.1) is 0 Å². The Labute approximate surface area is 194 Å². The Bertz CT molecular complexity index is 1440. The predicted molar refractivity (Wildman–Crippen MR) is 125 cm³/mol. The maximum atomic E-state index is 13.0. The van der Waals surface area contributed by atoms with Gasteiger partial charge < -0.3 is 4.90 Å². The van der Waals surface area contributed by atoms with Gasteiger partial charge >= 0.3 is 0 Å². The molecular weight excluding hydrogens is 468 g/mol. The molecule has 1 aromatic heterocycles. The highest BCUT2D eigenvalue weighted by Crippen LogP contribution is 2.31. The number of carbonyl (C=O) groups is 1.